The number of Topliss-reactive ketones (excluding diaryl/α,β-unsaturated/α-hetero) is 1. The van der Waals surface area contributed by atoms with E-state index in [0.29, 0.717) is 5.78 Å². The molecule has 17 heavy (non-hydrogen) atoms. The molecular formula is C14H25NO2. The maximum Gasteiger partial charge on any atom is 0.158 e. The first-order valence-corrected chi connectivity index (χ1v) is 6.84. The molecule has 1 heterocycles. The maximum absolute atomic E-state index is 12.8. The highest BCUT2D eigenvalue weighted by molar-refractivity contribution is 5.93. The van der Waals surface area contributed by atoms with Crippen LogP contribution in [0.5, 0.6) is 0 Å². The molecule has 0 spiro atoms. The molecule has 0 amide bonds. The van der Waals surface area contributed by atoms with Crippen LogP contribution in [0.2, 0.25) is 0 Å². The number of carbonyl (C=O) groups excluding carboxylic acids is 1. The minimum absolute atomic E-state index is 0.179. The van der Waals surface area contributed by atoms with Crippen LogP contribution in [0.15, 0.2) is 0 Å². The Balaban J connectivity index is 2.22. The number of ether oxygens (including phenoxy) is 1. The van der Waals surface area contributed by atoms with Crippen molar-refractivity contribution in [3.05, 3.63) is 0 Å². The van der Waals surface area contributed by atoms with Crippen LogP contribution >= 0.6 is 0 Å². The number of nitrogens with zero attached hydrogens (tertiary/aromatic N) is 1. The summed E-state index contributed by atoms with van der Waals surface area (Å²) < 4.78 is 5.42. The fourth-order valence-corrected chi connectivity index (χ4v) is 3.34. The molecular weight excluding hydrogens is 214 g/mol. The van der Waals surface area contributed by atoms with Crippen molar-refractivity contribution in [2.24, 2.45) is 5.41 Å². The van der Waals surface area contributed by atoms with Crippen LogP contribution in [0.4, 0.5) is 0 Å². The van der Waals surface area contributed by atoms with Gasteiger partial charge in [-0.3, -0.25) is 9.69 Å². The molecule has 0 unspecified atom stereocenters. The predicted molar refractivity (Wildman–Crippen MR) is 68.1 cm³/mol. The normalized spacial score (nSPS) is 26.1. The molecule has 1 saturated carbocycles. The number of hydrogen-bond acceptors (Lipinski definition) is 3. The second-order valence-electron chi connectivity index (χ2n) is 6.42. The standard InChI is InChI=1S/C14H25NO2/c1-13(2,3)12(16)14(6-4-5-7-14)15-8-10-17-11-9-15/h4-11H2,1-3H3. The Hall–Kier alpha value is -0.410. The third-order valence-electron chi connectivity index (χ3n) is 4.15. The van der Waals surface area contributed by atoms with Gasteiger partial charge in [-0.1, -0.05) is 33.6 Å². The smallest absolute Gasteiger partial charge is 0.158 e. The van der Waals surface area contributed by atoms with Crippen molar-refractivity contribution in [1.82, 2.24) is 4.90 Å². The van der Waals surface area contributed by atoms with Gasteiger partial charge in [0.15, 0.2) is 5.78 Å². The van der Waals surface area contributed by atoms with Gasteiger partial charge in [-0.2, -0.15) is 0 Å². The largest absolute Gasteiger partial charge is 0.379 e. The van der Waals surface area contributed by atoms with Gasteiger partial charge in [0.2, 0.25) is 0 Å². The molecule has 98 valence electrons. The Bertz CT molecular complexity index is 281. The first-order chi connectivity index (χ1) is 7.97. The zero-order valence-electron chi connectivity index (χ0n) is 11.4. The molecule has 1 aliphatic heterocycles. The van der Waals surface area contributed by atoms with Gasteiger partial charge in [-0.15, -0.1) is 0 Å². The average molecular weight is 239 g/mol. The number of carbonyl (C=O) groups is 1. The van der Waals surface area contributed by atoms with Crippen LogP contribution in [0.1, 0.15) is 46.5 Å². The molecule has 0 bridgehead atoms. The van der Waals surface area contributed by atoms with Crippen LogP contribution < -0.4 is 0 Å². The van der Waals surface area contributed by atoms with E-state index in [1.165, 1.54) is 12.8 Å². The third kappa shape index (κ3) is 2.41. The SMILES string of the molecule is CC(C)(C)C(=O)C1(N2CCOCC2)CCCC1. The first-order valence-electron chi connectivity index (χ1n) is 6.84. The van der Waals surface area contributed by atoms with E-state index in [9.17, 15) is 4.79 Å². The van der Waals surface area contributed by atoms with Crippen LogP contribution in [0.25, 0.3) is 0 Å². The van der Waals surface area contributed by atoms with Gasteiger partial charge >= 0.3 is 0 Å². The summed E-state index contributed by atoms with van der Waals surface area (Å²) in [6.07, 6.45) is 4.48. The second kappa shape index (κ2) is 4.69. The van der Waals surface area contributed by atoms with E-state index in [0.717, 1.165) is 39.1 Å². The lowest BCUT2D eigenvalue weighted by Crippen LogP contribution is -2.59. The van der Waals surface area contributed by atoms with Crippen LogP contribution in [0, 0.1) is 5.41 Å². The molecule has 0 atom stereocenters. The first kappa shape index (κ1) is 13.0. The summed E-state index contributed by atoms with van der Waals surface area (Å²) in [5.41, 5.74) is -0.412. The highest BCUT2D eigenvalue weighted by atomic mass is 16.5. The van der Waals surface area contributed by atoms with E-state index in [1.54, 1.807) is 0 Å². The summed E-state index contributed by atoms with van der Waals surface area (Å²) in [6, 6.07) is 0. The summed E-state index contributed by atoms with van der Waals surface area (Å²) in [4.78, 5) is 15.2. The Morgan fingerprint density at radius 3 is 2.12 bits per heavy atom. The lowest BCUT2D eigenvalue weighted by Gasteiger charge is -2.45. The monoisotopic (exact) mass is 239 g/mol. The van der Waals surface area contributed by atoms with Crippen molar-refractivity contribution in [2.75, 3.05) is 26.3 Å². The van der Waals surface area contributed by atoms with E-state index >= 15 is 0 Å². The van der Waals surface area contributed by atoms with Crippen molar-refractivity contribution in [3.63, 3.8) is 0 Å². The molecule has 0 aromatic carbocycles. The molecule has 2 fully saturated rings. The summed E-state index contributed by atoms with van der Waals surface area (Å²) in [5.74, 6) is 0.435. The zero-order chi connectivity index (χ0) is 12.5. The van der Waals surface area contributed by atoms with E-state index in [-0.39, 0.29) is 11.0 Å². The predicted octanol–water partition coefficient (Wildman–Crippen LogP) is 2.25. The molecule has 3 heteroatoms. The van der Waals surface area contributed by atoms with Gasteiger partial charge in [0, 0.05) is 18.5 Å². The number of rotatable bonds is 2. The molecule has 3 nitrogen and oxygen atoms in total. The molecule has 0 radical (unpaired) electrons. The fraction of sp³-hybridized carbons (Fsp3) is 0.929. The summed E-state index contributed by atoms with van der Waals surface area (Å²) in [5, 5.41) is 0. The van der Waals surface area contributed by atoms with Crippen molar-refractivity contribution >= 4 is 5.78 Å². The van der Waals surface area contributed by atoms with Gasteiger partial charge in [-0.25, -0.2) is 0 Å². The fourth-order valence-electron chi connectivity index (χ4n) is 3.34. The molecule has 0 aromatic rings. The van der Waals surface area contributed by atoms with Crippen LogP contribution in [-0.4, -0.2) is 42.5 Å². The molecule has 0 aromatic heterocycles. The molecule has 2 aliphatic rings. The summed E-state index contributed by atoms with van der Waals surface area (Å²) in [6.45, 7) is 9.55. The molecule has 0 N–H and O–H groups in total. The average Bonchev–Trinajstić information content (AvgIpc) is 2.78. The summed E-state index contributed by atoms with van der Waals surface area (Å²) >= 11 is 0. The zero-order valence-corrected chi connectivity index (χ0v) is 11.4. The maximum atomic E-state index is 12.8. The van der Waals surface area contributed by atoms with E-state index in [1.807, 2.05) is 0 Å². The number of morpholine rings is 1. The van der Waals surface area contributed by atoms with Gasteiger partial charge in [-0.05, 0) is 12.8 Å². The quantitative estimate of drug-likeness (QED) is 0.740. The van der Waals surface area contributed by atoms with Gasteiger partial charge < -0.3 is 4.74 Å². The van der Waals surface area contributed by atoms with Gasteiger partial charge in [0.25, 0.3) is 0 Å². The minimum atomic E-state index is -0.233. The van der Waals surface area contributed by atoms with E-state index < -0.39 is 0 Å². The molecule has 2 rings (SSSR count). The summed E-state index contributed by atoms with van der Waals surface area (Å²) in [7, 11) is 0. The third-order valence-corrected chi connectivity index (χ3v) is 4.15. The van der Waals surface area contributed by atoms with Crippen molar-refractivity contribution in [1.29, 1.82) is 0 Å². The van der Waals surface area contributed by atoms with E-state index in [4.69, 9.17) is 4.74 Å². The highest BCUT2D eigenvalue weighted by Crippen LogP contribution is 2.41. The Morgan fingerprint density at radius 1 is 1.12 bits per heavy atom. The van der Waals surface area contributed by atoms with Gasteiger partial charge in [0.1, 0.15) is 0 Å². The molecule has 1 aliphatic carbocycles. The Kier molecular flexibility index (Phi) is 3.60. The Labute approximate surface area is 105 Å². The van der Waals surface area contributed by atoms with Crippen LogP contribution in [-0.2, 0) is 9.53 Å². The Morgan fingerprint density at radius 2 is 1.65 bits per heavy atom. The van der Waals surface area contributed by atoms with Crippen molar-refractivity contribution < 1.29 is 9.53 Å². The number of hydrogen-bond donors (Lipinski definition) is 0. The number of ketones is 1. The van der Waals surface area contributed by atoms with Crippen molar-refractivity contribution in [2.45, 2.75) is 52.0 Å². The van der Waals surface area contributed by atoms with Crippen LogP contribution in [0.3, 0.4) is 0 Å². The topological polar surface area (TPSA) is 29.5 Å². The second-order valence-corrected chi connectivity index (χ2v) is 6.42. The van der Waals surface area contributed by atoms with E-state index in [2.05, 4.69) is 25.7 Å². The lowest BCUT2D eigenvalue weighted by atomic mass is 9.76. The highest BCUT2D eigenvalue weighted by Gasteiger charge is 2.49. The molecule has 1 saturated heterocycles. The minimum Gasteiger partial charge on any atom is -0.379 e. The van der Waals surface area contributed by atoms with Crippen molar-refractivity contribution in [3.8, 4) is 0 Å². The lowest BCUT2D eigenvalue weighted by molar-refractivity contribution is -0.142. The van der Waals surface area contributed by atoms with Gasteiger partial charge in [0.05, 0.1) is 18.8 Å².